The van der Waals surface area contributed by atoms with Gasteiger partial charge in [-0.25, -0.2) is 0 Å². The number of nitrogens with one attached hydrogen (secondary N) is 1. The van der Waals surface area contributed by atoms with Crippen molar-refractivity contribution >= 4 is 11.6 Å². The summed E-state index contributed by atoms with van der Waals surface area (Å²) in [6, 6.07) is 7.32. The molecule has 0 saturated carbocycles. The summed E-state index contributed by atoms with van der Waals surface area (Å²) in [6.45, 7) is 6.39. The molecule has 0 radical (unpaired) electrons. The van der Waals surface area contributed by atoms with Gasteiger partial charge in [-0.1, -0.05) is 32.4 Å². The highest BCUT2D eigenvalue weighted by atomic mass is 16.1. The monoisotopic (exact) mass is 234 g/mol. The van der Waals surface area contributed by atoms with Gasteiger partial charge in [0.05, 0.1) is 5.56 Å². The fourth-order valence-corrected chi connectivity index (χ4v) is 1.83. The second-order valence-corrected chi connectivity index (χ2v) is 4.71. The Morgan fingerprint density at radius 2 is 2.00 bits per heavy atom. The molecule has 3 heteroatoms. The van der Waals surface area contributed by atoms with E-state index in [9.17, 15) is 4.79 Å². The average molecular weight is 234 g/mol. The van der Waals surface area contributed by atoms with Crippen molar-refractivity contribution in [3.63, 3.8) is 0 Å². The zero-order valence-electron chi connectivity index (χ0n) is 10.9. The second-order valence-electron chi connectivity index (χ2n) is 4.71. The summed E-state index contributed by atoms with van der Waals surface area (Å²) in [5, 5.41) is 2.98. The van der Waals surface area contributed by atoms with Crippen LogP contribution in [-0.4, -0.2) is 11.9 Å². The Morgan fingerprint density at radius 1 is 1.35 bits per heavy atom. The molecule has 94 valence electrons. The predicted molar refractivity (Wildman–Crippen MR) is 71.9 cm³/mol. The molecule has 0 aliphatic rings. The summed E-state index contributed by atoms with van der Waals surface area (Å²) >= 11 is 0. The third-order valence-corrected chi connectivity index (χ3v) is 3.04. The molecule has 3 N–H and O–H groups in total. The van der Waals surface area contributed by atoms with Crippen molar-refractivity contribution in [2.45, 2.75) is 39.7 Å². The van der Waals surface area contributed by atoms with Gasteiger partial charge in [0.15, 0.2) is 0 Å². The molecule has 2 unspecified atom stereocenters. The molecule has 0 aliphatic heterocycles. The molecule has 0 aromatic heterocycles. The minimum absolute atomic E-state index is 0.0843. The highest BCUT2D eigenvalue weighted by Crippen LogP contribution is 2.13. The summed E-state index contributed by atoms with van der Waals surface area (Å²) < 4.78 is 0. The van der Waals surface area contributed by atoms with Gasteiger partial charge in [0, 0.05) is 11.7 Å². The van der Waals surface area contributed by atoms with E-state index in [1.165, 1.54) is 0 Å². The first-order valence-electron chi connectivity index (χ1n) is 6.20. The third kappa shape index (κ3) is 4.10. The number of benzene rings is 1. The summed E-state index contributed by atoms with van der Waals surface area (Å²) in [5.74, 6) is 0.539. The average Bonchev–Trinajstić information content (AvgIpc) is 2.29. The van der Waals surface area contributed by atoms with Crippen molar-refractivity contribution < 1.29 is 4.79 Å². The van der Waals surface area contributed by atoms with Crippen LogP contribution in [0.2, 0.25) is 0 Å². The van der Waals surface area contributed by atoms with Crippen LogP contribution in [0.4, 0.5) is 5.69 Å². The van der Waals surface area contributed by atoms with Crippen LogP contribution in [0.15, 0.2) is 24.3 Å². The van der Waals surface area contributed by atoms with E-state index < -0.39 is 0 Å². The molecule has 3 nitrogen and oxygen atoms in total. The number of hydrogen-bond donors (Lipinski definition) is 2. The van der Waals surface area contributed by atoms with E-state index in [0.29, 0.717) is 17.2 Å². The van der Waals surface area contributed by atoms with Gasteiger partial charge in [0.1, 0.15) is 0 Å². The van der Waals surface area contributed by atoms with Crippen molar-refractivity contribution in [2.24, 2.45) is 5.92 Å². The molecular weight excluding hydrogens is 212 g/mol. The number of rotatable bonds is 5. The van der Waals surface area contributed by atoms with Gasteiger partial charge in [-0.3, -0.25) is 4.79 Å². The van der Waals surface area contributed by atoms with Crippen molar-refractivity contribution in [1.29, 1.82) is 0 Å². The molecule has 0 aliphatic carbocycles. The van der Waals surface area contributed by atoms with Crippen LogP contribution in [0.3, 0.4) is 0 Å². The third-order valence-electron chi connectivity index (χ3n) is 3.04. The largest absolute Gasteiger partial charge is 0.398 e. The molecule has 0 saturated heterocycles. The van der Waals surface area contributed by atoms with Crippen molar-refractivity contribution in [1.82, 2.24) is 5.32 Å². The number of hydrogen-bond acceptors (Lipinski definition) is 2. The highest BCUT2D eigenvalue weighted by Gasteiger charge is 2.13. The lowest BCUT2D eigenvalue weighted by Crippen LogP contribution is -2.34. The van der Waals surface area contributed by atoms with Crippen LogP contribution in [0.1, 0.15) is 44.0 Å². The van der Waals surface area contributed by atoms with Gasteiger partial charge in [-0.15, -0.1) is 0 Å². The van der Waals surface area contributed by atoms with Gasteiger partial charge in [0.25, 0.3) is 5.91 Å². The number of carbonyl (C=O) groups excluding carboxylic acids is 1. The Labute approximate surface area is 103 Å². The molecule has 0 spiro atoms. The predicted octanol–water partition coefficient (Wildman–Crippen LogP) is 2.82. The van der Waals surface area contributed by atoms with E-state index in [4.69, 9.17) is 5.73 Å². The van der Waals surface area contributed by atoms with Crippen LogP contribution < -0.4 is 11.1 Å². The summed E-state index contributed by atoms with van der Waals surface area (Å²) in [5.41, 5.74) is 6.85. The molecule has 17 heavy (non-hydrogen) atoms. The number of anilines is 1. The molecule has 1 rings (SSSR count). The maximum Gasteiger partial charge on any atom is 0.253 e. The maximum atomic E-state index is 12.0. The first-order chi connectivity index (χ1) is 8.04. The number of nitrogens with two attached hydrogens (primary N) is 1. The van der Waals surface area contributed by atoms with E-state index >= 15 is 0 Å². The quantitative estimate of drug-likeness (QED) is 0.770. The molecule has 2 atom stereocenters. The number of amides is 1. The lowest BCUT2D eigenvalue weighted by Gasteiger charge is -2.18. The van der Waals surface area contributed by atoms with Crippen LogP contribution in [0, 0.1) is 5.92 Å². The van der Waals surface area contributed by atoms with E-state index in [0.717, 1.165) is 12.8 Å². The Kier molecular flexibility index (Phi) is 5.01. The van der Waals surface area contributed by atoms with Crippen molar-refractivity contribution in [3.05, 3.63) is 29.8 Å². The van der Waals surface area contributed by atoms with Crippen molar-refractivity contribution in [2.75, 3.05) is 5.73 Å². The normalized spacial score (nSPS) is 14.1. The van der Waals surface area contributed by atoms with Crippen molar-refractivity contribution in [3.8, 4) is 0 Å². The Morgan fingerprint density at radius 3 is 2.59 bits per heavy atom. The molecule has 1 aromatic rings. The van der Waals surface area contributed by atoms with E-state index in [1.54, 1.807) is 12.1 Å². The molecule has 0 fully saturated rings. The standard InChI is InChI=1S/C14H22N2O/c1-4-10(2)9-11(3)16-14(17)12-7-5-6-8-13(12)15/h5-8,10-11H,4,9,15H2,1-3H3,(H,16,17). The second kappa shape index (κ2) is 6.28. The minimum Gasteiger partial charge on any atom is -0.398 e. The van der Waals surface area contributed by atoms with Gasteiger partial charge < -0.3 is 11.1 Å². The smallest absolute Gasteiger partial charge is 0.253 e. The Balaban J connectivity index is 2.58. The van der Waals surface area contributed by atoms with E-state index in [-0.39, 0.29) is 11.9 Å². The molecule has 1 amide bonds. The summed E-state index contributed by atoms with van der Waals surface area (Å²) in [4.78, 5) is 12.0. The van der Waals surface area contributed by atoms with Crippen LogP contribution in [0.25, 0.3) is 0 Å². The maximum absolute atomic E-state index is 12.0. The van der Waals surface area contributed by atoms with E-state index in [1.807, 2.05) is 19.1 Å². The number of carbonyl (C=O) groups is 1. The fourth-order valence-electron chi connectivity index (χ4n) is 1.83. The first kappa shape index (κ1) is 13.6. The summed E-state index contributed by atoms with van der Waals surface area (Å²) in [6.07, 6.45) is 2.13. The lowest BCUT2D eigenvalue weighted by molar-refractivity contribution is 0.0936. The molecule has 1 aromatic carbocycles. The topological polar surface area (TPSA) is 55.1 Å². The van der Waals surface area contributed by atoms with Gasteiger partial charge in [-0.05, 0) is 31.4 Å². The SMILES string of the molecule is CCC(C)CC(C)NC(=O)c1ccccc1N. The lowest BCUT2D eigenvalue weighted by atomic mass is 10.00. The zero-order chi connectivity index (χ0) is 12.8. The first-order valence-corrected chi connectivity index (χ1v) is 6.20. The number of para-hydroxylation sites is 1. The number of nitrogen functional groups attached to an aromatic ring is 1. The Bertz CT molecular complexity index is 376. The molecule has 0 heterocycles. The van der Waals surface area contributed by atoms with Crippen LogP contribution in [-0.2, 0) is 0 Å². The summed E-state index contributed by atoms with van der Waals surface area (Å²) in [7, 11) is 0. The van der Waals surface area contributed by atoms with Crippen LogP contribution in [0.5, 0.6) is 0 Å². The van der Waals surface area contributed by atoms with Gasteiger partial charge in [0.2, 0.25) is 0 Å². The minimum atomic E-state index is -0.0843. The van der Waals surface area contributed by atoms with E-state index in [2.05, 4.69) is 19.2 Å². The Hall–Kier alpha value is -1.51. The van der Waals surface area contributed by atoms with Gasteiger partial charge >= 0.3 is 0 Å². The van der Waals surface area contributed by atoms with Gasteiger partial charge in [-0.2, -0.15) is 0 Å². The zero-order valence-corrected chi connectivity index (χ0v) is 10.9. The highest BCUT2D eigenvalue weighted by molar-refractivity contribution is 5.99. The fraction of sp³-hybridized carbons (Fsp3) is 0.500. The molecule has 0 bridgehead atoms. The van der Waals surface area contributed by atoms with Crippen LogP contribution >= 0.6 is 0 Å². The molecular formula is C14H22N2O.